The Hall–Kier alpha value is -1.31. The van der Waals surface area contributed by atoms with Gasteiger partial charge in [0.2, 0.25) is 0 Å². The molecular formula is C13H9Cl2N. The summed E-state index contributed by atoms with van der Waals surface area (Å²) in [6.07, 6.45) is 1.68. The fourth-order valence-corrected chi connectivity index (χ4v) is 1.78. The second kappa shape index (κ2) is 5.15. The molecule has 0 aliphatic heterocycles. The molecule has 2 aromatic carbocycles. The number of rotatable bonds is 2. The van der Waals surface area contributed by atoms with Gasteiger partial charge in [-0.25, -0.2) is 0 Å². The normalized spacial score (nSPS) is 10.9. The van der Waals surface area contributed by atoms with E-state index in [0.717, 1.165) is 11.3 Å². The van der Waals surface area contributed by atoms with Crippen LogP contribution >= 0.6 is 23.2 Å². The lowest BCUT2D eigenvalue weighted by Gasteiger charge is -2.00. The highest BCUT2D eigenvalue weighted by atomic mass is 35.5. The minimum Gasteiger partial charge on any atom is -0.256 e. The van der Waals surface area contributed by atoms with Crippen molar-refractivity contribution in [3.05, 3.63) is 64.1 Å². The van der Waals surface area contributed by atoms with E-state index in [-0.39, 0.29) is 0 Å². The standard InChI is InChI=1S/C13H9Cl2N/c14-12-7-4-8-13(15)11(12)9-16-10-5-2-1-3-6-10/h1-9H. The minimum absolute atomic E-state index is 0.604. The monoisotopic (exact) mass is 249 g/mol. The van der Waals surface area contributed by atoms with Crippen LogP contribution in [-0.2, 0) is 0 Å². The fourth-order valence-electron chi connectivity index (χ4n) is 1.29. The van der Waals surface area contributed by atoms with E-state index in [2.05, 4.69) is 4.99 Å². The molecule has 0 spiro atoms. The van der Waals surface area contributed by atoms with E-state index >= 15 is 0 Å². The Bertz CT molecular complexity index is 486. The van der Waals surface area contributed by atoms with E-state index in [1.807, 2.05) is 36.4 Å². The summed E-state index contributed by atoms with van der Waals surface area (Å²) in [5.41, 5.74) is 1.62. The molecule has 0 unspecified atom stereocenters. The average Bonchev–Trinajstić information content (AvgIpc) is 2.30. The molecule has 0 aromatic heterocycles. The highest BCUT2D eigenvalue weighted by molar-refractivity contribution is 6.38. The van der Waals surface area contributed by atoms with Gasteiger partial charge in [0, 0.05) is 11.8 Å². The van der Waals surface area contributed by atoms with Gasteiger partial charge >= 0.3 is 0 Å². The van der Waals surface area contributed by atoms with E-state index in [0.29, 0.717) is 10.0 Å². The van der Waals surface area contributed by atoms with Crippen LogP contribution in [0.1, 0.15) is 5.56 Å². The second-order valence-corrected chi connectivity index (χ2v) is 4.04. The Kier molecular flexibility index (Phi) is 3.60. The van der Waals surface area contributed by atoms with Crippen LogP contribution in [0.3, 0.4) is 0 Å². The maximum atomic E-state index is 6.02. The van der Waals surface area contributed by atoms with Gasteiger partial charge in [0.15, 0.2) is 0 Å². The summed E-state index contributed by atoms with van der Waals surface area (Å²) in [6, 6.07) is 15.0. The van der Waals surface area contributed by atoms with Crippen molar-refractivity contribution in [1.82, 2.24) is 0 Å². The van der Waals surface area contributed by atoms with E-state index in [1.165, 1.54) is 0 Å². The van der Waals surface area contributed by atoms with E-state index in [4.69, 9.17) is 23.2 Å². The van der Waals surface area contributed by atoms with Crippen molar-refractivity contribution < 1.29 is 0 Å². The van der Waals surface area contributed by atoms with Crippen molar-refractivity contribution >= 4 is 35.1 Å². The Labute approximate surface area is 104 Å². The van der Waals surface area contributed by atoms with Crippen molar-refractivity contribution in [2.45, 2.75) is 0 Å². The molecular weight excluding hydrogens is 241 g/mol. The zero-order valence-electron chi connectivity index (χ0n) is 8.40. The lowest BCUT2D eigenvalue weighted by Crippen LogP contribution is -1.84. The molecule has 0 heterocycles. The maximum absolute atomic E-state index is 6.02. The fraction of sp³-hybridized carbons (Fsp3) is 0. The summed E-state index contributed by atoms with van der Waals surface area (Å²) >= 11 is 12.0. The lowest BCUT2D eigenvalue weighted by molar-refractivity contribution is 1.53. The molecule has 2 rings (SSSR count). The van der Waals surface area contributed by atoms with Crippen molar-refractivity contribution in [3.8, 4) is 0 Å². The quantitative estimate of drug-likeness (QED) is 0.682. The van der Waals surface area contributed by atoms with Crippen molar-refractivity contribution in [1.29, 1.82) is 0 Å². The molecule has 16 heavy (non-hydrogen) atoms. The number of halogens is 2. The van der Waals surface area contributed by atoms with Crippen LogP contribution in [-0.4, -0.2) is 6.21 Å². The van der Waals surface area contributed by atoms with Crippen LogP contribution < -0.4 is 0 Å². The molecule has 0 amide bonds. The molecule has 0 N–H and O–H groups in total. The predicted octanol–water partition coefficient (Wildman–Crippen LogP) is 4.74. The van der Waals surface area contributed by atoms with Crippen LogP contribution in [0.2, 0.25) is 10.0 Å². The summed E-state index contributed by atoms with van der Waals surface area (Å²) in [6.45, 7) is 0. The SMILES string of the molecule is Clc1cccc(Cl)c1C=Nc1ccccc1. The molecule has 3 heteroatoms. The zero-order valence-corrected chi connectivity index (χ0v) is 9.91. The highest BCUT2D eigenvalue weighted by Gasteiger charge is 2.01. The number of hydrogen-bond donors (Lipinski definition) is 0. The minimum atomic E-state index is 0.604. The highest BCUT2D eigenvalue weighted by Crippen LogP contribution is 2.23. The number of hydrogen-bond acceptors (Lipinski definition) is 1. The topological polar surface area (TPSA) is 12.4 Å². The van der Waals surface area contributed by atoms with E-state index in [9.17, 15) is 0 Å². The Morgan fingerprint density at radius 3 is 2.06 bits per heavy atom. The van der Waals surface area contributed by atoms with Crippen LogP contribution in [0.4, 0.5) is 5.69 Å². The molecule has 1 nitrogen and oxygen atoms in total. The Morgan fingerprint density at radius 2 is 1.44 bits per heavy atom. The maximum Gasteiger partial charge on any atom is 0.0629 e. The van der Waals surface area contributed by atoms with Gasteiger partial charge in [-0.3, -0.25) is 4.99 Å². The molecule has 80 valence electrons. The number of benzene rings is 2. The van der Waals surface area contributed by atoms with Gasteiger partial charge in [-0.05, 0) is 24.3 Å². The molecule has 0 atom stereocenters. The molecule has 0 aliphatic carbocycles. The van der Waals surface area contributed by atoms with Gasteiger partial charge in [-0.15, -0.1) is 0 Å². The Balaban J connectivity index is 2.31. The van der Waals surface area contributed by atoms with Crippen LogP contribution in [0.5, 0.6) is 0 Å². The number of aliphatic imine (C=N–C) groups is 1. The van der Waals surface area contributed by atoms with Crippen LogP contribution in [0.25, 0.3) is 0 Å². The number of para-hydroxylation sites is 1. The van der Waals surface area contributed by atoms with Gasteiger partial charge in [-0.2, -0.15) is 0 Å². The largest absolute Gasteiger partial charge is 0.256 e. The first-order chi connectivity index (χ1) is 7.77. The lowest BCUT2D eigenvalue weighted by atomic mass is 10.2. The molecule has 0 fully saturated rings. The molecule has 0 aliphatic rings. The summed E-state index contributed by atoms with van der Waals surface area (Å²) in [5, 5.41) is 1.21. The first-order valence-electron chi connectivity index (χ1n) is 4.80. The van der Waals surface area contributed by atoms with E-state index in [1.54, 1.807) is 18.3 Å². The summed E-state index contributed by atoms with van der Waals surface area (Å²) < 4.78 is 0. The van der Waals surface area contributed by atoms with Gasteiger partial charge in [0.05, 0.1) is 15.7 Å². The summed E-state index contributed by atoms with van der Waals surface area (Å²) in [7, 11) is 0. The molecule has 0 bridgehead atoms. The first kappa shape index (κ1) is 11.2. The molecule has 2 aromatic rings. The molecule has 0 radical (unpaired) electrons. The number of nitrogens with zero attached hydrogens (tertiary/aromatic N) is 1. The second-order valence-electron chi connectivity index (χ2n) is 3.23. The van der Waals surface area contributed by atoms with Crippen molar-refractivity contribution in [2.75, 3.05) is 0 Å². The van der Waals surface area contributed by atoms with Crippen LogP contribution in [0, 0.1) is 0 Å². The van der Waals surface area contributed by atoms with Gasteiger partial charge in [-0.1, -0.05) is 47.5 Å². The predicted molar refractivity (Wildman–Crippen MR) is 70.2 cm³/mol. The van der Waals surface area contributed by atoms with Crippen LogP contribution in [0.15, 0.2) is 53.5 Å². The van der Waals surface area contributed by atoms with Gasteiger partial charge in [0.1, 0.15) is 0 Å². The van der Waals surface area contributed by atoms with Crippen molar-refractivity contribution in [2.24, 2.45) is 4.99 Å². The average molecular weight is 250 g/mol. The Morgan fingerprint density at radius 1 is 0.812 bits per heavy atom. The summed E-state index contributed by atoms with van der Waals surface area (Å²) in [5.74, 6) is 0. The third-order valence-electron chi connectivity index (χ3n) is 2.10. The molecule has 0 saturated carbocycles. The third-order valence-corrected chi connectivity index (χ3v) is 2.76. The van der Waals surface area contributed by atoms with Gasteiger partial charge < -0.3 is 0 Å². The third kappa shape index (κ3) is 2.63. The van der Waals surface area contributed by atoms with Crippen molar-refractivity contribution in [3.63, 3.8) is 0 Å². The van der Waals surface area contributed by atoms with Gasteiger partial charge in [0.25, 0.3) is 0 Å². The smallest absolute Gasteiger partial charge is 0.0629 e. The van der Waals surface area contributed by atoms with E-state index < -0.39 is 0 Å². The molecule has 0 saturated heterocycles. The zero-order chi connectivity index (χ0) is 11.4. The summed E-state index contributed by atoms with van der Waals surface area (Å²) in [4.78, 5) is 4.30. The first-order valence-corrected chi connectivity index (χ1v) is 5.56.